The lowest BCUT2D eigenvalue weighted by Crippen LogP contribution is -1.80. The highest BCUT2D eigenvalue weighted by molar-refractivity contribution is 5.49. The van der Waals surface area contributed by atoms with Crippen molar-refractivity contribution in [2.45, 2.75) is 13.8 Å². The van der Waals surface area contributed by atoms with Gasteiger partial charge in [-0.05, 0) is 37.1 Å². The minimum Gasteiger partial charge on any atom is -0.207 e. The summed E-state index contributed by atoms with van der Waals surface area (Å²) in [6.07, 6.45) is 3.78. The van der Waals surface area contributed by atoms with Gasteiger partial charge < -0.3 is 0 Å². The molecule has 11 heavy (non-hydrogen) atoms. The Labute approximate surface area is 66.4 Å². The van der Waals surface area contributed by atoms with E-state index in [2.05, 4.69) is 0 Å². The van der Waals surface area contributed by atoms with Gasteiger partial charge in [-0.25, -0.2) is 4.39 Å². The standard InChI is InChI=1S/C10H11F/c1-3-4-9-5-8(2)6-10(11)7-9/h3-7H,1-2H3/b4-3-. The van der Waals surface area contributed by atoms with E-state index in [1.165, 1.54) is 12.1 Å². The first-order chi connectivity index (χ1) is 5.22. The first kappa shape index (κ1) is 7.99. The number of allylic oxidation sites excluding steroid dienone is 1. The van der Waals surface area contributed by atoms with Crippen LogP contribution in [0.1, 0.15) is 18.1 Å². The van der Waals surface area contributed by atoms with E-state index in [4.69, 9.17) is 0 Å². The highest BCUT2D eigenvalue weighted by Crippen LogP contribution is 2.09. The summed E-state index contributed by atoms with van der Waals surface area (Å²) in [6.45, 7) is 3.80. The average Bonchev–Trinajstić information content (AvgIpc) is 1.85. The van der Waals surface area contributed by atoms with Gasteiger partial charge in [-0.15, -0.1) is 0 Å². The molecule has 0 aromatic heterocycles. The summed E-state index contributed by atoms with van der Waals surface area (Å²) in [5.74, 6) is -0.168. The van der Waals surface area contributed by atoms with Crippen LogP contribution in [0.2, 0.25) is 0 Å². The normalized spacial score (nSPS) is 10.8. The van der Waals surface area contributed by atoms with Gasteiger partial charge in [0.05, 0.1) is 0 Å². The molecule has 0 nitrogen and oxygen atoms in total. The van der Waals surface area contributed by atoms with E-state index >= 15 is 0 Å². The molecule has 0 saturated heterocycles. The topological polar surface area (TPSA) is 0 Å². The number of aryl methyl sites for hydroxylation is 1. The molecule has 58 valence electrons. The maximum atomic E-state index is 12.7. The van der Waals surface area contributed by atoms with Crippen molar-refractivity contribution in [2.75, 3.05) is 0 Å². The molecule has 1 aromatic carbocycles. The van der Waals surface area contributed by atoms with E-state index in [0.717, 1.165) is 11.1 Å². The molecule has 0 heterocycles. The van der Waals surface area contributed by atoms with E-state index in [0.29, 0.717) is 0 Å². The average molecular weight is 150 g/mol. The lowest BCUT2D eigenvalue weighted by Gasteiger charge is -1.96. The number of hydrogen-bond acceptors (Lipinski definition) is 0. The van der Waals surface area contributed by atoms with Crippen LogP contribution in [-0.2, 0) is 0 Å². The second kappa shape index (κ2) is 3.33. The summed E-state index contributed by atoms with van der Waals surface area (Å²) < 4.78 is 12.7. The molecular formula is C10H11F. The number of halogens is 1. The van der Waals surface area contributed by atoms with Gasteiger partial charge in [-0.2, -0.15) is 0 Å². The molecular weight excluding hydrogens is 139 g/mol. The van der Waals surface area contributed by atoms with Gasteiger partial charge in [-0.3, -0.25) is 0 Å². The maximum Gasteiger partial charge on any atom is 0.124 e. The molecule has 0 unspecified atom stereocenters. The Kier molecular flexibility index (Phi) is 2.42. The van der Waals surface area contributed by atoms with Crippen molar-refractivity contribution in [3.05, 3.63) is 41.2 Å². The Bertz CT molecular complexity index is 254. The van der Waals surface area contributed by atoms with Crippen LogP contribution < -0.4 is 0 Å². The van der Waals surface area contributed by atoms with Gasteiger partial charge in [0.2, 0.25) is 0 Å². The predicted molar refractivity (Wildman–Crippen MR) is 45.8 cm³/mol. The van der Waals surface area contributed by atoms with E-state index in [9.17, 15) is 4.39 Å². The van der Waals surface area contributed by atoms with Crippen LogP contribution in [-0.4, -0.2) is 0 Å². The first-order valence-electron chi connectivity index (χ1n) is 3.62. The monoisotopic (exact) mass is 150 g/mol. The molecule has 0 aliphatic heterocycles. The third-order valence-electron chi connectivity index (χ3n) is 1.42. The quantitative estimate of drug-likeness (QED) is 0.576. The molecule has 0 saturated carbocycles. The SMILES string of the molecule is C/C=C\c1cc(C)cc(F)c1. The van der Waals surface area contributed by atoms with Crippen molar-refractivity contribution >= 4 is 6.08 Å². The minimum atomic E-state index is -0.168. The van der Waals surface area contributed by atoms with E-state index < -0.39 is 0 Å². The molecule has 0 aliphatic rings. The second-order valence-corrected chi connectivity index (χ2v) is 2.56. The van der Waals surface area contributed by atoms with E-state index in [-0.39, 0.29) is 5.82 Å². The Morgan fingerprint density at radius 1 is 1.27 bits per heavy atom. The molecule has 0 bridgehead atoms. The van der Waals surface area contributed by atoms with Crippen molar-refractivity contribution in [3.63, 3.8) is 0 Å². The van der Waals surface area contributed by atoms with E-state index in [1.807, 2.05) is 32.1 Å². The fraction of sp³-hybridized carbons (Fsp3) is 0.200. The van der Waals surface area contributed by atoms with E-state index in [1.54, 1.807) is 0 Å². The van der Waals surface area contributed by atoms with Crippen LogP contribution in [0.25, 0.3) is 6.08 Å². The fourth-order valence-electron chi connectivity index (χ4n) is 1.05. The largest absolute Gasteiger partial charge is 0.207 e. The molecule has 0 aliphatic carbocycles. The number of hydrogen-bond donors (Lipinski definition) is 0. The zero-order valence-corrected chi connectivity index (χ0v) is 6.76. The third-order valence-corrected chi connectivity index (χ3v) is 1.42. The third kappa shape index (κ3) is 2.19. The van der Waals surface area contributed by atoms with Gasteiger partial charge in [0.15, 0.2) is 0 Å². The highest BCUT2D eigenvalue weighted by Gasteiger charge is 1.92. The van der Waals surface area contributed by atoms with Crippen LogP contribution in [0, 0.1) is 12.7 Å². The molecule has 0 N–H and O–H groups in total. The molecule has 0 fully saturated rings. The van der Waals surface area contributed by atoms with Crippen molar-refractivity contribution in [1.82, 2.24) is 0 Å². The summed E-state index contributed by atoms with van der Waals surface area (Å²) in [7, 11) is 0. The van der Waals surface area contributed by atoms with Crippen molar-refractivity contribution in [3.8, 4) is 0 Å². The molecule has 1 rings (SSSR count). The summed E-state index contributed by atoms with van der Waals surface area (Å²) >= 11 is 0. The van der Waals surface area contributed by atoms with Gasteiger partial charge in [-0.1, -0.05) is 18.2 Å². The Hall–Kier alpha value is -1.11. The first-order valence-corrected chi connectivity index (χ1v) is 3.62. The smallest absolute Gasteiger partial charge is 0.124 e. The second-order valence-electron chi connectivity index (χ2n) is 2.56. The number of rotatable bonds is 1. The van der Waals surface area contributed by atoms with Crippen molar-refractivity contribution in [1.29, 1.82) is 0 Å². The molecule has 0 atom stereocenters. The number of benzene rings is 1. The Morgan fingerprint density at radius 3 is 2.55 bits per heavy atom. The summed E-state index contributed by atoms with van der Waals surface area (Å²) in [5, 5.41) is 0. The van der Waals surface area contributed by atoms with Crippen LogP contribution in [0.5, 0.6) is 0 Å². The summed E-state index contributed by atoms with van der Waals surface area (Å²) in [6, 6.07) is 4.99. The zero-order chi connectivity index (χ0) is 8.27. The minimum absolute atomic E-state index is 0.168. The van der Waals surface area contributed by atoms with Gasteiger partial charge in [0.25, 0.3) is 0 Å². The van der Waals surface area contributed by atoms with Crippen molar-refractivity contribution in [2.24, 2.45) is 0 Å². The van der Waals surface area contributed by atoms with Gasteiger partial charge in [0.1, 0.15) is 5.82 Å². The molecule has 1 aromatic rings. The van der Waals surface area contributed by atoms with Crippen LogP contribution >= 0.6 is 0 Å². The molecule has 0 spiro atoms. The summed E-state index contributed by atoms with van der Waals surface area (Å²) in [4.78, 5) is 0. The lowest BCUT2D eigenvalue weighted by molar-refractivity contribution is 0.626. The fourth-order valence-corrected chi connectivity index (χ4v) is 1.05. The molecule has 0 amide bonds. The van der Waals surface area contributed by atoms with Crippen LogP contribution in [0.3, 0.4) is 0 Å². The van der Waals surface area contributed by atoms with Crippen LogP contribution in [0.15, 0.2) is 24.3 Å². The zero-order valence-electron chi connectivity index (χ0n) is 6.76. The lowest BCUT2D eigenvalue weighted by atomic mass is 10.1. The Balaban J connectivity index is 3.08. The predicted octanol–water partition coefficient (Wildman–Crippen LogP) is 3.17. The molecule has 1 heteroatoms. The van der Waals surface area contributed by atoms with Gasteiger partial charge >= 0.3 is 0 Å². The molecule has 0 radical (unpaired) electrons. The van der Waals surface area contributed by atoms with Crippen molar-refractivity contribution < 1.29 is 4.39 Å². The Morgan fingerprint density at radius 2 is 2.00 bits per heavy atom. The highest BCUT2D eigenvalue weighted by atomic mass is 19.1. The maximum absolute atomic E-state index is 12.7. The van der Waals surface area contributed by atoms with Gasteiger partial charge in [0, 0.05) is 0 Å². The van der Waals surface area contributed by atoms with Crippen LogP contribution in [0.4, 0.5) is 4.39 Å². The summed E-state index contributed by atoms with van der Waals surface area (Å²) in [5.41, 5.74) is 1.88.